The van der Waals surface area contributed by atoms with Crippen molar-refractivity contribution >= 4 is 29.9 Å². The summed E-state index contributed by atoms with van der Waals surface area (Å²) in [5.41, 5.74) is -0.700. The lowest BCUT2D eigenvalue weighted by Crippen LogP contribution is -2.40. The molecule has 1 rings (SSSR count). The topological polar surface area (TPSA) is 75.1 Å². The van der Waals surface area contributed by atoms with Crippen LogP contribution in [0.25, 0.3) is 0 Å². The summed E-state index contributed by atoms with van der Waals surface area (Å²) in [4.78, 5) is 4.49. The van der Waals surface area contributed by atoms with Gasteiger partial charge in [0.2, 0.25) is 0 Å². The number of nitrogens with one attached hydrogen (secondary N) is 2. The van der Waals surface area contributed by atoms with Crippen molar-refractivity contribution in [1.82, 2.24) is 10.6 Å². The molecule has 0 aliphatic carbocycles. The molecular weight excluding hydrogens is 409 g/mol. The Bertz CT molecular complexity index is 320. The van der Waals surface area contributed by atoms with Gasteiger partial charge in [-0.25, -0.2) is 0 Å². The fourth-order valence-electron chi connectivity index (χ4n) is 2.21. The minimum Gasteiger partial charge on any atom is -0.388 e. The Morgan fingerprint density at radius 3 is 2.61 bits per heavy atom. The van der Waals surface area contributed by atoms with Crippen molar-refractivity contribution in [3.8, 4) is 0 Å². The highest BCUT2D eigenvalue weighted by molar-refractivity contribution is 14.0. The first-order chi connectivity index (χ1) is 10.6. The van der Waals surface area contributed by atoms with E-state index < -0.39 is 5.60 Å². The summed E-state index contributed by atoms with van der Waals surface area (Å²) in [6.45, 7) is 10.3. The molecule has 0 amide bonds. The van der Waals surface area contributed by atoms with Gasteiger partial charge in [-0.3, -0.25) is 4.99 Å². The van der Waals surface area contributed by atoms with Crippen molar-refractivity contribution in [2.24, 2.45) is 4.99 Å². The van der Waals surface area contributed by atoms with Crippen molar-refractivity contribution < 1.29 is 14.6 Å². The van der Waals surface area contributed by atoms with Gasteiger partial charge in [-0.1, -0.05) is 13.8 Å². The van der Waals surface area contributed by atoms with E-state index in [-0.39, 0.29) is 30.1 Å². The van der Waals surface area contributed by atoms with Crippen LogP contribution in [0.4, 0.5) is 0 Å². The average Bonchev–Trinajstić information content (AvgIpc) is 3.05. The number of rotatable bonds is 10. The second-order valence-electron chi connectivity index (χ2n) is 5.76. The van der Waals surface area contributed by atoms with Gasteiger partial charge in [0.25, 0.3) is 0 Å². The first-order valence-electron chi connectivity index (χ1n) is 8.57. The molecule has 0 spiro atoms. The fourth-order valence-corrected chi connectivity index (χ4v) is 2.21. The largest absolute Gasteiger partial charge is 0.388 e. The number of aliphatic imine (C=N–C) groups is 1. The third-order valence-electron chi connectivity index (χ3n) is 4.05. The number of aliphatic hydroxyl groups is 1. The van der Waals surface area contributed by atoms with Crippen molar-refractivity contribution in [3.63, 3.8) is 0 Å². The maximum absolute atomic E-state index is 10.3. The van der Waals surface area contributed by atoms with Crippen LogP contribution in [0.1, 0.15) is 46.5 Å². The zero-order valence-corrected chi connectivity index (χ0v) is 17.1. The smallest absolute Gasteiger partial charge is 0.191 e. The second kappa shape index (κ2) is 13.2. The Balaban J connectivity index is 0.00000484. The fraction of sp³-hybridized carbons (Fsp3) is 0.938. The van der Waals surface area contributed by atoms with Gasteiger partial charge in [-0.15, -0.1) is 24.0 Å². The predicted octanol–water partition coefficient (Wildman–Crippen LogP) is 1.91. The summed E-state index contributed by atoms with van der Waals surface area (Å²) in [7, 11) is 0. The van der Waals surface area contributed by atoms with Crippen LogP contribution in [0.15, 0.2) is 4.99 Å². The van der Waals surface area contributed by atoms with Gasteiger partial charge in [-0.2, -0.15) is 0 Å². The van der Waals surface area contributed by atoms with Gasteiger partial charge in [-0.05, 0) is 32.6 Å². The summed E-state index contributed by atoms with van der Waals surface area (Å²) < 4.78 is 11.0. The lowest BCUT2D eigenvalue weighted by Gasteiger charge is -2.23. The Morgan fingerprint density at radius 1 is 1.30 bits per heavy atom. The van der Waals surface area contributed by atoms with Crippen LogP contribution in [-0.2, 0) is 9.47 Å². The molecule has 3 N–H and O–H groups in total. The van der Waals surface area contributed by atoms with Gasteiger partial charge in [0, 0.05) is 26.3 Å². The number of ether oxygens (including phenoxy) is 2. The van der Waals surface area contributed by atoms with E-state index in [0.717, 1.165) is 51.7 Å². The molecule has 1 aliphatic rings. The molecule has 6 nitrogen and oxygen atoms in total. The second-order valence-corrected chi connectivity index (χ2v) is 5.76. The van der Waals surface area contributed by atoms with E-state index >= 15 is 0 Å². The molecule has 138 valence electrons. The molecular formula is C16H34IN3O3. The van der Waals surface area contributed by atoms with Crippen molar-refractivity contribution in [1.29, 1.82) is 0 Å². The molecule has 0 radical (unpaired) electrons. The van der Waals surface area contributed by atoms with Crippen LogP contribution in [0.3, 0.4) is 0 Å². The lowest BCUT2D eigenvalue weighted by molar-refractivity contribution is 0.0411. The normalized spacial score (nSPS) is 18.6. The zero-order chi connectivity index (χ0) is 16.3. The lowest BCUT2D eigenvalue weighted by atomic mass is 9.98. The van der Waals surface area contributed by atoms with Crippen molar-refractivity contribution in [2.45, 2.75) is 58.2 Å². The highest BCUT2D eigenvalue weighted by Crippen LogP contribution is 2.14. The van der Waals surface area contributed by atoms with Crippen LogP contribution in [0.5, 0.6) is 0 Å². The molecule has 0 aromatic carbocycles. The number of hydrogen-bond acceptors (Lipinski definition) is 4. The summed E-state index contributed by atoms with van der Waals surface area (Å²) in [6, 6.07) is 0. The highest BCUT2D eigenvalue weighted by Gasteiger charge is 2.21. The molecule has 1 heterocycles. The summed E-state index contributed by atoms with van der Waals surface area (Å²) in [5.74, 6) is 0.757. The maximum atomic E-state index is 10.3. The van der Waals surface area contributed by atoms with E-state index in [1.807, 2.05) is 20.8 Å². The summed E-state index contributed by atoms with van der Waals surface area (Å²) >= 11 is 0. The number of guanidine groups is 1. The van der Waals surface area contributed by atoms with Crippen molar-refractivity contribution in [2.75, 3.05) is 39.5 Å². The molecule has 0 aromatic heterocycles. The van der Waals surface area contributed by atoms with Gasteiger partial charge >= 0.3 is 0 Å². The standard InChI is InChI=1S/C16H33N3O3.HI/c1-4-16(20,5-2)13-19-15(17-6-3)18-9-7-10-22-14-8-11-21-12-14;/h14,20H,4-13H2,1-3H3,(H2,17,18,19);1H. The van der Waals surface area contributed by atoms with E-state index in [1.54, 1.807) is 0 Å². The van der Waals surface area contributed by atoms with Crippen LogP contribution >= 0.6 is 24.0 Å². The Hall–Kier alpha value is -0.120. The number of hydrogen-bond donors (Lipinski definition) is 3. The first kappa shape index (κ1) is 22.9. The van der Waals surface area contributed by atoms with E-state index in [2.05, 4.69) is 15.6 Å². The predicted molar refractivity (Wildman–Crippen MR) is 105 cm³/mol. The number of halogens is 1. The maximum Gasteiger partial charge on any atom is 0.191 e. The highest BCUT2D eigenvalue weighted by atomic mass is 127. The van der Waals surface area contributed by atoms with Crippen molar-refractivity contribution in [3.05, 3.63) is 0 Å². The Morgan fingerprint density at radius 2 is 2.04 bits per heavy atom. The molecule has 1 fully saturated rings. The summed E-state index contributed by atoms with van der Waals surface area (Å²) in [5, 5.41) is 16.8. The third-order valence-corrected chi connectivity index (χ3v) is 4.05. The SMILES string of the molecule is CCNC(=NCC(O)(CC)CC)NCCCOC1CCOC1.I. The minimum atomic E-state index is -0.700. The number of nitrogens with zero attached hydrogens (tertiary/aromatic N) is 1. The quantitative estimate of drug-likeness (QED) is 0.208. The van der Waals surface area contributed by atoms with E-state index in [0.29, 0.717) is 19.4 Å². The van der Waals surface area contributed by atoms with Gasteiger partial charge in [0.05, 0.1) is 24.9 Å². The first-order valence-corrected chi connectivity index (χ1v) is 8.57. The molecule has 1 unspecified atom stereocenters. The Kier molecular flexibility index (Phi) is 13.1. The van der Waals surface area contributed by atoms with Gasteiger partial charge < -0.3 is 25.2 Å². The molecule has 1 saturated heterocycles. The monoisotopic (exact) mass is 443 g/mol. The molecule has 1 atom stereocenters. The third kappa shape index (κ3) is 9.69. The molecule has 1 aliphatic heterocycles. The molecule has 7 heteroatoms. The minimum absolute atomic E-state index is 0. The van der Waals surface area contributed by atoms with Crippen LogP contribution in [-0.4, -0.2) is 62.2 Å². The molecule has 0 saturated carbocycles. The van der Waals surface area contributed by atoms with Crippen LogP contribution < -0.4 is 10.6 Å². The van der Waals surface area contributed by atoms with E-state index in [9.17, 15) is 5.11 Å². The van der Waals surface area contributed by atoms with E-state index in [1.165, 1.54) is 0 Å². The summed E-state index contributed by atoms with van der Waals surface area (Å²) in [6.07, 6.45) is 3.62. The molecule has 0 bridgehead atoms. The van der Waals surface area contributed by atoms with Crippen LogP contribution in [0, 0.1) is 0 Å². The van der Waals surface area contributed by atoms with Crippen LogP contribution in [0.2, 0.25) is 0 Å². The molecule has 0 aromatic rings. The van der Waals surface area contributed by atoms with Gasteiger partial charge in [0.1, 0.15) is 0 Å². The average molecular weight is 443 g/mol. The molecule has 23 heavy (non-hydrogen) atoms. The van der Waals surface area contributed by atoms with Gasteiger partial charge in [0.15, 0.2) is 5.96 Å². The zero-order valence-electron chi connectivity index (χ0n) is 14.8. The Labute approximate surface area is 157 Å². The van der Waals surface area contributed by atoms with E-state index in [4.69, 9.17) is 9.47 Å².